The first-order chi connectivity index (χ1) is 15.0. The number of nitrogens with one attached hydrogen (secondary N) is 2. The monoisotopic (exact) mass is 454 g/mol. The van der Waals surface area contributed by atoms with Crippen LogP contribution < -0.4 is 15.4 Å². The number of hydrogen-bond acceptors (Lipinski definition) is 6. The normalized spacial score (nSPS) is 19.1. The molecule has 32 heavy (non-hydrogen) atoms. The number of alkyl halides is 2. The molecule has 1 aliphatic carbocycles. The first-order valence-electron chi connectivity index (χ1n) is 10.7. The van der Waals surface area contributed by atoms with Crippen LogP contribution in [0.5, 0.6) is 5.88 Å². The second-order valence-electron chi connectivity index (χ2n) is 8.56. The zero-order valence-corrected chi connectivity index (χ0v) is 18.7. The predicted molar refractivity (Wildman–Crippen MR) is 113 cm³/mol. The van der Waals surface area contributed by atoms with Crippen LogP contribution in [0, 0.1) is 18.7 Å². The molecule has 1 fully saturated rings. The number of amides is 1. The summed E-state index contributed by atoms with van der Waals surface area (Å²) in [5, 5.41) is 9.82. The van der Waals surface area contributed by atoms with Crippen molar-refractivity contribution in [1.82, 2.24) is 25.1 Å². The molecule has 0 unspecified atom stereocenters. The Hall–Kier alpha value is -2.85. The Balaban J connectivity index is 1.53. The predicted octanol–water partition coefficient (Wildman–Crippen LogP) is 4.15. The molecule has 2 aromatic rings. The minimum Gasteiger partial charge on any atom is -0.475 e. The molecule has 0 spiro atoms. The summed E-state index contributed by atoms with van der Waals surface area (Å²) in [7, 11) is 0. The summed E-state index contributed by atoms with van der Waals surface area (Å²) < 4.78 is 47.6. The van der Waals surface area contributed by atoms with Gasteiger partial charge in [-0.15, -0.1) is 0 Å². The van der Waals surface area contributed by atoms with Crippen LogP contribution in [0.25, 0.3) is 0 Å². The van der Waals surface area contributed by atoms with Crippen LogP contribution in [0.4, 0.5) is 24.8 Å². The van der Waals surface area contributed by atoms with E-state index in [4.69, 9.17) is 4.74 Å². The summed E-state index contributed by atoms with van der Waals surface area (Å²) in [4.78, 5) is 19.5. The first kappa shape index (κ1) is 23.8. The Morgan fingerprint density at radius 1 is 1.31 bits per heavy atom. The van der Waals surface area contributed by atoms with E-state index in [0.717, 1.165) is 11.9 Å². The van der Waals surface area contributed by atoms with Gasteiger partial charge in [0.1, 0.15) is 0 Å². The van der Waals surface area contributed by atoms with Gasteiger partial charge in [0, 0.05) is 25.2 Å². The van der Waals surface area contributed by atoms with Gasteiger partial charge in [0.2, 0.25) is 11.8 Å². The highest BCUT2D eigenvalue weighted by Crippen LogP contribution is 2.27. The van der Waals surface area contributed by atoms with E-state index < -0.39 is 17.6 Å². The maximum Gasteiger partial charge on any atom is 0.321 e. The van der Waals surface area contributed by atoms with Crippen LogP contribution >= 0.6 is 0 Å². The Bertz CT molecular complexity index is 936. The Kier molecular flexibility index (Phi) is 7.25. The van der Waals surface area contributed by atoms with Gasteiger partial charge in [-0.25, -0.2) is 4.98 Å². The topological polar surface area (TPSA) is 94.0 Å². The summed E-state index contributed by atoms with van der Waals surface area (Å²) in [6, 6.07) is -0.0923. The number of carbonyl (C=O) groups excluding carboxylic acids is 1. The quantitative estimate of drug-likeness (QED) is 0.622. The molecule has 0 bridgehead atoms. The van der Waals surface area contributed by atoms with E-state index in [1.807, 2.05) is 27.0 Å². The van der Waals surface area contributed by atoms with Crippen LogP contribution in [0.2, 0.25) is 0 Å². The Labute approximate surface area is 185 Å². The molecule has 0 atom stereocenters. The number of nitrogens with zero attached hydrogens (tertiary/aromatic N) is 4. The van der Waals surface area contributed by atoms with Gasteiger partial charge in [0.25, 0.3) is 11.8 Å². The number of anilines is 2. The molecule has 2 heterocycles. The molecule has 1 aliphatic rings. The van der Waals surface area contributed by atoms with Crippen molar-refractivity contribution >= 4 is 17.5 Å². The fourth-order valence-electron chi connectivity index (χ4n) is 3.48. The number of ether oxygens (including phenoxy) is 1. The lowest BCUT2D eigenvalue weighted by atomic mass is 9.86. The van der Waals surface area contributed by atoms with Gasteiger partial charge >= 0.3 is 5.92 Å². The average Bonchev–Trinajstić information content (AvgIpc) is 3.09. The smallest absolute Gasteiger partial charge is 0.321 e. The zero-order chi connectivity index (χ0) is 23.5. The molecule has 2 aromatic heterocycles. The van der Waals surface area contributed by atoms with Gasteiger partial charge in [-0.05, 0) is 52.4 Å². The summed E-state index contributed by atoms with van der Waals surface area (Å²) in [6.07, 6.45) is 5.35. The minimum atomic E-state index is -3.39. The third-order valence-electron chi connectivity index (χ3n) is 5.44. The van der Waals surface area contributed by atoms with E-state index in [1.54, 1.807) is 4.68 Å². The van der Waals surface area contributed by atoms with Crippen LogP contribution in [0.3, 0.4) is 0 Å². The Morgan fingerprint density at radius 2 is 2.00 bits per heavy atom. The van der Waals surface area contributed by atoms with E-state index in [0.29, 0.717) is 38.3 Å². The van der Waals surface area contributed by atoms with Crippen LogP contribution in [-0.2, 0) is 4.79 Å². The van der Waals surface area contributed by atoms with Crippen LogP contribution in [0.15, 0.2) is 12.4 Å². The summed E-state index contributed by atoms with van der Waals surface area (Å²) in [6.45, 7) is 6.69. The summed E-state index contributed by atoms with van der Waals surface area (Å²) >= 11 is 0. The maximum atomic E-state index is 14.2. The van der Waals surface area contributed by atoms with Crippen molar-refractivity contribution in [3.63, 3.8) is 0 Å². The highest BCUT2D eigenvalue weighted by molar-refractivity contribution is 5.83. The molecule has 0 radical (unpaired) electrons. The molecule has 1 saturated carbocycles. The first-order valence-corrected chi connectivity index (χ1v) is 10.7. The molecule has 3 rings (SSSR count). The largest absolute Gasteiger partial charge is 0.475 e. The summed E-state index contributed by atoms with van der Waals surface area (Å²) in [5.41, 5.74) is 1.48. The third kappa shape index (κ3) is 6.10. The fraction of sp³-hybridized carbons (Fsp3) is 0.619. The van der Waals surface area contributed by atoms with E-state index >= 15 is 0 Å². The molecule has 0 aliphatic heterocycles. The zero-order valence-electron chi connectivity index (χ0n) is 18.7. The van der Waals surface area contributed by atoms with Gasteiger partial charge < -0.3 is 15.4 Å². The van der Waals surface area contributed by atoms with Crippen molar-refractivity contribution in [3.05, 3.63) is 23.9 Å². The lowest BCUT2D eigenvalue weighted by molar-refractivity contribution is -0.144. The van der Waals surface area contributed by atoms with Gasteiger partial charge in [-0.2, -0.15) is 23.3 Å². The maximum absolute atomic E-state index is 14.2. The lowest BCUT2D eigenvalue weighted by Crippen LogP contribution is -2.45. The van der Waals surface area contributed by atoms with Crippen molar-refractivity contribution in [1.29, 1.82) is 0 Å². The SMILES string of the molecule is Cc1nn(C(C)C)cc1Nc1ncc(F)c(OC[C@H]2CC[C@H](NC(=O)C(C)(F)F)CC2)n1. The molecular formula is C21H29F3N6O2. The van der Waals surface area contributed by atoms with Crippen LogP contribution in [-0.4, -0.2) is 44.2 Å². The van der Waals surface area contributed by atoms with Crippen molar-refractivity contribution in [2.45, 2.75) is 71.4 Å². The molecule has 0 saturated heterocycles. The minimum absolute atomic E-state index is 0.114. The number of rotatable bonds is 8. The Morgan fingerprint density at radius 3 is 2.59 bits per heavy atom. The van der Waals surface area contributed by atoms with E-state index in [1.165, 1.54) is 0 Å². The molecule has 1 amide bonds. The van der Waals surface area contributed by atoms with Gasteiger partial charge in [-0.1, -0.05) is 0 Å². The molecule has 11 heteroatoms. The van der Waals surface area contributed by atoms with Crippen molar-refractivity contribution in [3.8, 4) is 5.88 Å². The highest BCUT2D eigenvalue weighted by Gasteiger charge is 2.34. The summed E-state index contributed by atoms with van der Waals surface area (Å²) in [5.74, 6) is -5.16. The highest BCUT2D eigenvalue weighted by atomic mass is 19.3. The fourth-order valence-corrected chi connectivity index (χ4v) is 3.48. The number of hydrogen-bond donors (Lipinski definition) is 2. The van der Waals surface area contributed by atoms with Gasteiger partial charge in [-0.3, -0.25) is 9.48 Å². The van der Waals surface area contributed by atoms with Crippen LogP contribution in [0.1, 0.15) is 58.2 Å². The van der Waals surface area contributed by atoms with Gasteiger partial charge in [0.05, 0.1) is 24.2 Å². The molecule has 2 N–H and O–H groups in total. The van der Waals surface area contributed by atoms with Crippen molar-refractivity contribution in [2.75, 3.05) is 11.9 Å². The second-order valence-corrected chi connectivity index (χ2v) is 8.56. The second kappa shape index (κ2) is 9.74. The van der Waals surface area contributed by atoms with E-state index in [2.05, 4.69) is 25.7 Å². The number of carbonyl (C=O) groups is 1. The van der Waals surface area contributed by atoms with Crippen molar-refractivity contribution < 1.29 is 22.7 Å². The van der Waals surface area contributed by atoms with Gasteiger partial charge in [0.15, 0.2) is 0 Å². The van der Waals surface area contributed by atoms with E-state index in [9.17, 15) is 18.0 Å². The van der Waals surface area contributed by atoms with E-state index in [-0.39, 0.29) is 36.4 Å². The average molecular weight is 454 g/mol. The number of aryl methyl sites for hydroxylation is 1. The standard InChI is InChI=1S/C21H29F3N6O2/c1-12(2)30-10-17(13(3)29-30)27-20-25-9-16(22)18(28-20)32-11-14-5-7-15(8-6-14)26-19(31)21(4,23)24/h9-10,12,14-15H,5-8,11H2,1-4H3,(H,26,31)(H,25,27,28)/t14-,15-. The lowest BCUT2D eigenvalue weighted by Gasteiger charge is -2.29. The molecule has 0 aromatic carbocycles. The third-order valence-corrected chi connectivity index (χ3v) is 5.44. The number of aromatic nitrogens is 4. The molecular weight excluding hydrogens is 425 g/mol. The molecule has 8 nitrogen and oxygen atoms in total. The number of halogens is 3. The molecule has 176 valence electrons. The van der Waals surface area contributed by atoms with Crippen molar-refractivity contribution in [2.24, 2.45) is 5.92 Å².